The number of carbonyl (C=O) groups is 1. The van der Waals surface area contributed by atoms with Crippen LogP contribution in [-0.4, -0.2) is 12.5 Å². The van der Waals surface area contributed by atoms with E-state index in [0.29, 0.717) is 6.54 Å². The van der Waals surface area contributed by atoms with Crippen molar-refractivity contribution in [2.75, 3.05) is 6.54 Å². The molecule has 0 aliphatic rings. The van der Waals surface area contributed by atoms with Gasteiger partial charge in [-0.05, 0) is 31.0 Å². The van der Waals surface area contributed by atoms with Crippen LogP contribution in [0.2, 0.25) is 0 Å². The molecule has 0 spiro atoms. The third kappa shape index (κ3) is 5.08. The summed E-state index contributed by atoms with van der Waals surface area (Å²) in [5.74, 6) is 0.870. The number of nitrogens with two attached hydrogens (primary N) is 1. The predicted octanol–water partition coefficient (Wildman–Crippen LogP) is 3.51. The van der Waals surface area contributed by atoms with Crippen LogP contribution in [0.4, 0.5) is 0 Å². The van der Waals surface area contributed by atoms with Gasteiger partial charge in [0.25, 0.3) is 5.91 Å². The molecule has 2 aromatic carbocycles. The fraction of sp³-hybridized carbons (Fsp3) is 0.261. The maximum Gasteiger partial charge on any atom is 0.275 e. The maximum absolute atomic E-state index is 12.6. The molecule has 4 nitrogen and oxygen atoms in total. The van der Waals surface area contributed by atoms with E-state index in [1.54, 1.807) is 6.26 Å². The smallest absolute Gasteiger partial charge is 0.275 e. The highest BCUT2D eigenvalue weighted by Gasteiger charge is 2.22. The number of nitrogens with one attached hydrogen (secondary N) is 1. The Labute approximate surface area is 160 Å². The summed E-state index contributed by atoms with van der Waals surface area (Å²) in [6, 6.07) is 22.3. The second-order valence-electron chi connectivity index (χ2n) is 6.78. The Balaban J connectivity index is 1.64. The van der Waals surface area contributed by atoms with E-state index in [-0.39, 0.29) is 18.0 Å². The zero-order valence-electron chi connectivity index (χ0n) is 15.9. The molecule has 0 bridgehead atoms. The Morgan fingerprint density at radius 1 is 1.00 bits per heavy atom. The van der Waals surface area contributed by atoms with Crippen LogP contribution in [0, 0.1) is 6.92 Å². The van der Waals surface area contributed by atoms with E-state index < -0.39 is 0 Å². The normalized spacial score (nSPS) is 13.1. The highest BCUT2D eigenvalue weighted by molar-refractivity contribution is 5.77. The number of quaternary nitrogens is 1. The Bertz CT molecular complexity index is 827. The summed E-state index contributed by atoms with van der Waals surface area (Å²) in [7, 11) is 0. The monoisotopic (exact) mass is 363 g/mol. The van der Waals surface area contributed by atoms with Crippen molar-refractivity contribution in [3.05, 3.63) is 95.4 Å². The highest BCUT2D eigenvalue weighted by atomic mass is 16.3. The highest BCUT2D eigenvalue weighted by Crippen LogP contribution is 2.19. The quantitative estimate of drug-likeness (QED) is 0.643. The summed E-state index contributed by atoms with van der Waals surface area (Å²) in [5, 5.41) is 5.17. The number of carbonyl (C=O) groups excluding carboxylic acids is 1. The van der Waals surface area contributed by atoms with Gasteiger partial charge in [0.2, 0.25) is 0 Å². The molecule has 1 heterocycles. The van der Waals surface area contributed by atoms with Gasteiger partial charge in [-0.1, -0.05) is 67.1 Å². The van der Waals surface area contributed by atoms with Crippen molar-refractivity contribution in [1.82, 2.24) is 5.32 Å². The third-order valence-electron chi connectivity index (χ3n) is 4.77. The Kier molecular flexibility index (Phi) is 6.44. The van der Waals surface area contributed by atoms with Crippen LogP contribution in [0.3, 0.4) is 0 Å². The average molecular weight is 363 g/mol. The first-order valence-electron chi connectivity index (χ1n) is 9.45. The van der Waals surface area contributed by atoms with Crippen molar-refractivity contribution >= 4 is 5.91 Å². The van der Waals surface area contributed by atoms with Crippen molar-refractivity contribution in [1.29, 1.82) is 0 Å². The number of amides is 1. The average Bonchev–Trinajstić information content (AvgIpc) is 3.22. The van der Waals surface area contributed by atoms with Gasteiger partial charge in [-0.15, -0.1) is 0 Å². The summed E-state index contributed by atoms with van der Waals surface area (Å²) in [6.07, 6.45) is 2.53. The van der Waals surface area contributed by atoms with Crippen molar-refractivity contribution in [2.45, 2.75) is 32.4 Å². The lowest BCUT2D eigenvalue weighted by atomic mass is 10.0. The van der Waals surface area contributed by atoms with Gasteiger partial charge in [0.05, 0.1) is 12.3 Å². The molecule has 2 atom stereocenters. The number of rotatable bonds is 8. The molecule has 0 saturated heterocycles. The first kappa shape index (κ1) is 18.9. The minimum atomic E-state index is -0.0357. The van der Waals surface area contributed by atoms with Gasteiger partial charge >= 0.3 is 0 Å². The van der Waals surface area contributed by atoms with E-state index in [2.05, 4.69) is 55.6 Å². The van der Waals surface area contributed by atoms with Crippen LogP contribution in [0.1, 0.15) is 47.9 Å². The maximum atomic E-state index is 12.6. The van der Waals surface area contributed by atoms with E-state index in [1.165, 1.54) is 5.56 Å². The van der Waals surface area contributed by atoms with E-state index in [4.69, 9.17) is 4.42 Å². The van der Waals surface area contributed by atoms with Gasteiger partial charge in [-0.25, -0.2) is 0 Å². The first-order chi connectivity index (χ1) is 13.2. The molecule has 0 saturated carbocycles. The van der Waals surface area contributed by atoms with Crippen LogP contribution in [0.5, 0.6) is 0 Å². The topological polar surface area (TPSA) is 58.9 Å². The number of furan rings is 1. The minimum absolute atomic E-state index is 0.0231. The minimum Gasteiger partial charge on any atom is -0.463 e. The number of aryl methyl sites for hydroxylation is 1. The molecule has 1 amide bonds. The van der Waals surface area contributed by atoms with E-state index in [0.717, 1.165) is 23.3 Å². The number of hydrogen-bond donors (Lipinski definition) is 2. The molecule has 3 N–H and O–H groups in total. The van der Waals surface area contributed by atoms with Gasteiger partial charge in [0, 0.05) is 5.56 Å². The van der Waals surface area contributed by atoms with E-state index >= 15 is 0 Å². The zero-order valence-corrected chi connectivity index (χ0v) is 15.9. The second kappa shape index (κ2) is 9.19. The lowest BCUT2D eigenvalue weighted by molar-refractivity contribution is -0.678. The fourth-order valence-corrected chi connectivity index (χ4v) is 3.24. The van der Waals surface area contributed by atoms with Gasteiger partial charge in [0.1, 0.15) is 0 Å². The second-order valence-corrected chi connectivity index (χ2v) is 6.78. The largest absolute Gasteiger partial charge is 0.463 e. The van der Waals surface area contributed by atoms with Crippen LogP contribution in [-0.2, 0) is 4.79 Å². The molecule has 0 aliphatic heterocycles. The van der Waals surface area contributed by atoms with Gasteiger partial charge in [-0.3, -0.25) is 4.79 Å². The van der Waals surface area contributed by atoms with E-state index in [9.17, 15) is 4.79 Å². The first-order valence-corrected chi connectivity index (χ1v) is 9.45. The van der Waals surface area contributed by atoms with Crippen LogP contribution in [0.25, 0.3) is 0 Å². The molecule has 0 fully saturated rings. The molecular weight excluding hydrogens is 336 g/mol. The molecule has 1 aromatic heterocycles. The summed E-state index contributed by atoms with van der Waals surface area (Å²) in [6.45, 7) is 4.49. The standard InChI is InChI=1S/C23H26N2O2/c1-3-20(18-13-11-17(2)12-14-18)25-22(26)16-24-23(21-10-7-15-27-21)19-8-5-4-6-9-19/h4-15,20,23-24H,3,16H2,1-2H3,(H,25,26)/p+1/t20-,23+/m1/s1. The summed E-state index contributed by atoms with van der Waals surface area (Å²) < 4.78 is 5.60. The van der Waals surface area contributed by atoms with Crippen LogP contribution >= 0.6 is 0 Å². The molecule has 0 unspecified atom stereocenters. The number of benzene rings is 2. The van der Waals surface area contributed by atoms with Gasteiger partial charge < -0.3 is 15.1 Å². The van der Waals surface area contributed by atoms with Crippen LogP contribution < -0.4 is 10.6 Å². The SMILES string of the molecule is CC[C@@H](NC(=O)C[NH2+][C@@H](c1ccccc1)c1ccco1)c1ccc(C)cc1. The van der Waals surface area contributed by atoms with Crippen molar-refractivity contribution in [3.8, 4) is 0 Å². The summed E-state index contributed by atoms with van der Waals surface area (Å²) in [4.78, 5) is 12.6. The molecular formula is C23H27N2O2+. The predicted molar refractivity (Wildman–Crippen MR) is 106 cm³/mol. The Morgan fingerprint density at radius 2 is 1.74 bits per heavy atom. The molecule has 3 rings (SSSR count). The molecule has 3 aromatic rings. The van der Waals surface area contributed by atoms with Gasteiger partial charge in [-0.2, -0.15) is 0 Å². The van der Waals surface area contributed by atoms with Crippen LogP contribution in [0.15, 0.2) is 77.4 Å². The van der Waals surface area contributed by atoms with E-state index in [1.807, 2.05) is 35.6 Å². The molecule has 0 aliphatic carbocycles. The number of hydrogen-bond acceptors (Lipinski definition) is 2. The Hall–Kier alpha value is -2.85. The lowest BCUT2D eigenvalue weighted by Crippen LogP contribution is -2.87. The van der Waals surface area contributed by atoms with Crippen molar-refractivity contribution in [2.24, 2.45) is 0 Å². The molecule has 4 heteroatoms. The molecule has 0 radical (unpaired) electrons. The zero-order chi connectivity index (χ0) is 19.1. The Morgan fingerprint density at radius 3 is 2.37 bits per heavy atom. The fourth-order valence-electron chi connectivity index (χ4n) is 3.24. The van der Waals surface area contributed by atoms with Crippen molar-refractivity contribution < 1.29 is 14.5 Å². The third-order valence-corrected chi connectivity index (χ3v) is 4.77. The van der Waals surface area contributed by atoms with Crippen molar-refractivity contribution in [3.63, 3.8) is 0 Å². The summed E-state index contributed by atoms with van der Waals surface area (Å²) >= 11 is 0. The summed E-state index contributed by atoms with van der Waals surface area (Å²) in [5.41, 5.74) is 3.48. The molecule has 27 heavy (non-hydrogen) atoms. The lowest BCUT2D eigenvalue weighted by Gasteiger charge is -2.19. The van der Waals surface area contributed by atoms with Gasteiger partial charge in [0.15, 0.2) is 18.3 Å². The molecule has 140 valence electrons.